The smallest absolute Gasteiger partial charge is 0.244 e. The highest BCUT2D eigenvalue weighted by molar-refractivity contribution is 5.92. The van der Waals surface area contributed by atoms with Gasteiger partial charge in [-0.1, -0.05) is 37.4 Å². The number of unbranched alkanes of at least 4 members (excludes halogenated alkanes) is 1. The van der Waals surface area contributed by atoms with Crippen LogP contribution in [0.15, 0.2) is 28.8 Å². The number of carbonyl (C=O) groups is 1. The van der Waals surface area contributed by atoms with Gasteiger partial charge in [-0.3, -0.25) is 4.79 Å². The molecule has 1 aromatic heterocycles. The van der Waals surface area contributed by atoms with Crippen molar-refractivity contribution in [2.45, 2.75) is 57.9 Å². The first-order chi connectivity index (χ1) is 14.1. The molecule has 1 aromatic carbocycles. The molecule has 7 heteroatoms. The summed E-state index contributed by atoms with van der Waals surface area (Å²) in [6.45, 7) is 4.53. The summed E-state index contributed by atoms with van der Waals surface area (Å²) in [6, 6.07) is 5.63. The summed E-state index contributed by atoms with van der Waals surface area (Å²) in [5.74, 6) is 2.24. The molecule has 0 saturated heterocycles. The Kier molecular flexibility index (Phi) is 6.90. The van der Waals surface area contributed by atoms with Crippen molar-refractivity contribution in [1.82, 2.24) is 15.5 Å². The van der Waals surface area contributed by atoms with Gasteiger partial charge in [-0.05, 0) is 43.0 Å². The molecule has 0 radical (unpaired) electrons. The molecule has 2 aromatic rings. The van der Waals surface area contributed by atoms with Gasteiger partial charge in [0.25, 0.3) is 0 Å². The normalized spacial score (nSPS) is 15.6. The topological polar surface area (TPSA) is 86.5 Å². The predicted molar refractivity (Wildman–Crippen MR) is 110 cm³/mol. The van der Waals surface area contributed by atoms with E-state index in [1.54, 1.807) is 20.1 Å². The van der Waals surface area contributed by atoms with Crippen LogP contribution >= 0.6 is 0 Å². The number of methoxy groups -OCH3 is 1. The Bertz CT molecular complexity index is 853. The van der Waals surface area contributed by atoms with E-state index in [2.05, 4.69) is 22.4 Å². The van der Waals surface area contributed by atoms with E-state index in [-0.39, 0.29) is 5.91 Å². The van der Waals surface area contributed by atoms with Crippen molar-refractivity contribution in [3.8, 4) is 11.5 Å². The molecule has 1 heterocycles. The van der Waals surface area contributed by atoms with Crippen molar-refractivity contribution >= 4 is 12.0 Å². The number of benzene rings is 1. The largest absolute Gasteiger partial charge is 0.493 e. The number of hydrogen-bond acceptors (Lipinski definition) is 6. The monoisotopic (exact) mass is 399 g/mol. The molecule has 0 aliphatic heterocycles. The lowest BCUT2D eigenvalue weighted by molar-refractivity contribution is -0.118. The second kappa shape index (κ2) is 9.58. The fraction of sp³-hybridized carbons (Fsp3) is 0.500. The van der Waals surface area contributed by atoms with E-state index in [0.29, 0.717) is 29.8 Å². The minimum atomic E-state index is -0.548. The summed E-state index contributed by atoms with van der Waals surface area (Å²) < 4.78 is 16.3. The van der Waals surface area contributed by atoms with Crippen LogP contribution in [0, 0.1) is 6.92 Å². The summed E-state index contributed by atoms with van der Waals surface area (Å²) in [4.78, 5) is 17.0. The number of hydrogen-bond donors (Lipinski definition) is 1. The number of carbonyl (C=O) groups excluding carboxylic acids is 1. The molecule has 156 valence electrons. The Labute approximate surface area is 171 Å². The molecule has 29 heavy (non-hydrogen) atoms. The fourth-order valence-corrected chi connectivity index (χ4v) is 3.56. The average molecular weight is 399 g/mol. The zero-order valence-corrected chi connectivity index (χ0v) is 17.4. The number of nitrogens with one attached hydrogen (secondary N) is 1. The summed E-state index contributed by atoms with van der Waals surface area (Å²) in [5, 5.41) is 7.15. The second-order valence-corrected chi connectivity index (χ2v) is 7.36. The van der Waals surface area contributed by atoms with Gasteiger partial charge in [-0.15, -0.1) is 0 Å². The van der Waals surface area contributed by atoms with Crippen LogP contribution in [0.2, 0.25) is 0 Å². The van der Waals surface area contributed by atoms with Crippen LogP contribution in [0.1, 0.15) is 62.7 Å². The van der Waals surface area contributed by atoms with Gasteiger partial charge in [-0.2, -0.15) is 4.98 Å². The van der Waals surface area contributed by atoms with Crippen molar-refractivity contribution < 1.29 is 18.8 Å². The molecular formula is C22H29N3O4. The molecule has 1 amide bonds. The van der Waals surface area contributed by atoms with Crippen molar-refractivity contribution in [2.75, 3.05) is 13.7 Å². The van der Waals surface area contributed by atoms with Gasteiger partial charge in [0.05, 0.1) is 13.7 Å². The van der Waals surface area contributed by atoms with Crippen LogP contribution in [0.3, 0.4) is 0 Å². The van der Waals surface area contributed by atoms with Gasteiger partial charge < -0.3 is 19.3 Å². The molecule has 0 spiro atoms. The van der Waals surface area contributed by atoms with E-state index in [0.717, 1.165) is 44.1 Å². The highest BCUT2D eigenvalue weighted by Gasteiger charge is 2.40. The van der Waals surface area contributed by atoms with Crippen LogP contribution in [-0.2, 0) is 10.3 Å². The maximum absolute atomic E-state index is 12.6. The third kappa shape index (κ3) is 5.16. The minimum absolute atomic E-state index is 0.184. The first kappa shape index (κ1) is 20.9. The molecule has 0 unspecified atom stereocenters. The molecular weight excluding hydrogens is 370 g/mol. The Morgan fingerprint density at radius 2 is 2.10 bits per heavy atom. The van der Waals surface area contributed by atoms with Gasteiger partial charge in [0, 0.05) is 13.0 Å². The third-order valence-corrected chi connectivity index (χ3v) is 5.15. The van der Waals surface area contributed by atoms with E-state index >= 15 is 0 Å². The Morgan fingerprint density at radius 3 is 2.76 bits per heavy atom. The van der Waals surface area contributed by atoms with Gasteiger partial charge in [-0.25, -0.2) is 0 Å². The van der Waals surface area contributed by atoms with Crippen LogP contribution in [0.25, 0.3) is 6.08 Å². The quantitative estimate of drug-likeness (QED) is 0.503. The Morgan fingerprint density at radius 1 is 1.31 bits per heavy atom. The lowest BCUT2D eigenvalue weighted by Gasteiger charge is -2.25. The molecule has 0 bridgehead atoms. The van der Waals surface area contributed by atoms with Gasteiger partial charge in [0.2, 0.25) is 11.8 Å². The summed E-state index contributed by atoms with van der Waals surface area (Å²) >= 11 is 0. The number of nitrogens with zero attached hydrogens (tertiary/aromatic N) is 2. The SMILES string of the molecule is CCCCOc1ccc(/C=C/C(=O)NC2(c3noc(C)n3)CCCC2)cc1OC. The third-order valence-electron chi connectivity index (χ3n) is 5.15. The lowest BCUT2D eigenvalue weighted by atomic mass is 9.96. The summed E-state index contributed by atoms with van der Waals surface area (Å²) in [6.07, 6.45) is 9.02. The van der Waals surface area contributed by atoms with Gasteiger partial charge in [0.15, 0.2) is 17.3 Å². The van der Waals surface area contributed by atoms with Crippen LogP contribution in [-0.4, -0.2) is 29.8 Å². The van der Waals surface area contributed by atoms with E-state index in [9.17, 15) is 4.79 Å². The van der Waals surface area contributed by atoms with Crippen molar-refractivity contribution in [2.24, 2.45) is 0 Å². The number of rotatable bonds is 9. The Hall–Kier alpha value is -2.83. The van der Waals surface area contributed by atoms with Crippen molar-refractivity contribution in [3.05, 3.63) is 41.6 Å². The molecule has 1 aliphatic rings. The van der Waals surface area contributed by atoms with E-state index in [4.69, 9.17) is 14.0 Å². The standard InChI is InChI=1S/C22H29N3O4/c1-4-5-14-28-18-10-8-17(15-19(18)27-3)9-11-20(26)24-22(12-6-7-13-22)21-23-16(2)29-25-21/h8-11,15H,4-7,12-14H2,1-3H3,(H,24,26)/b11-9+. The number of aryl methyl sites for hydroxylation is 1. The minimum Gasteiger partial charge on any atom is -0.493 e. The maximum Gasteiger partial charge on any atom is 0.244 e. The zero-order valence-electron chi connectivity index (χ0n) is 17.4. The maximum atomic E-state index is 12.6. The van der Waals surface area contributed by atoms with Crippen LogP contribution in [0.5, 0.6) is 11.5 Å². The first-order valence-corrected chi connectivity index (χ1v) is 10.2. The number of amides is 1. The van der Waals surface area contributed by atoms with Crippen LogP contribution < -0.4 is 14.8 Å². The summed E-state index contributed by atoms with van der Waals surface area (Å²) in [7, 11) is 1.61. The lowest BCUT2D eigenvalue weighted by Crippen LogP contribution is -2.44. The highest BCUT2D eigenvalue weighted by atomic mass is 16.5. The first-order valence-electron chi connectivity index (χ1n) is 10.2. The van der Waals surface area contributed by atoms with E-state index in [1.165, 1.54) is 6.08 Å². The van der Waals surface area contributed by atoms with E-state index in [1.807, 2.05) is 18.2 Å². The van der Waals surface area contributed by atoms with Crippen molar-refractivity contribution in [1.29, 1.82) is 0 Å². The molecule has 3 rings (SSSR count). The average Bonchev–Trinajstić information content (AvgIpc) is 3.37. The van der Waals surface area contributed by atoms with Crippen molar-refractivity contribution in [3.63, 3.8) is 0 Å². The van der Waals surface area contributed by atoms with E-state index < -0.39 is 5.54 Å². The molecule has 7 nitrogen and oxygen atoms in total. The fourth-order valence-electron chi connectivity index (χ4n) is 3.56. The molecule has 1 aliphatic carbocycles. The second-order valence-electron chi connectivity index (χ2n) is 7.36. The number of aromatic nitrogens is 2. The molecule has 1 fully saturated rings. The van der Waals surface area contributed by atoms with Gasteiger partial charge >= 0.3 is 0 Å². The number of ether oxygens (including phenoxy) is 2. The molecule has 1 N–H and O–H groups in total. The van der Waals surface area contributed by atoms with Gasteiger partial charge in [0.1, 0.15) is 5.54 Å². The molecule has 0 atom stereocenters. The zero-order chi connectivity index (χ0) is 20.7. The summed E-state index contributed by atoms with van der Waals surface area (Å²) in [5.41, 5.74) is 0.309. The Balaban J connectivity index is 1.68. The molecule has 1 saturated carbocycles. The predicted octanol–water partition coefficient (Wildman–Crippen LogP) is 4.16. The van der Waals surface area contributed by atoms with Crippen LogP contribution in [0.4, 0.5) is 0 Å². The highest BCUT2D eigenvalue weighted by Crippen LogP contribution is 2.37.